The predicted octanol–water partition coefficient (Wildman–Crippen LogP) is 2.20. The molecule has 0 atom stereocenters. The minimum Gasteiger partial charge on any atom is -0.504 e. The number of benzene rings is 1. The third-order valence-electron chi connectivity index (χ3n) is 4.42. The Bertz CT molecular complexity index is 750. The molecule has 2 fully saturated rings. The van der Waals surface area contributed by atoms with Crippen molar-refractivity contribution in [3.05, 3.63) is 29.3 Å². The van der Waals surface area contributed by atoms with Gasteiger partial charge in [-0.1, -0.05) is 18.9 Å². The van der Waals surface area contributed by atoms with E-state index in [2.05, 4.69) is 5.32 Å². The highest BCUT2D eigenvalue weighted by Gasteiger charge is 2.40. The van der Waals surface area contributed by atoms with Crippen molar-refractivity contribution in [2.45, 2.75) is 38.6 Å². The van der Waals surface area contributed by atoms with E-state index in [-0.39, 0.29) is 23.1 Å². The number of imide groups is 2. The van der Waals surface area contributed by atoms with Crippen molar-refractivity contribution in [2.75, 3.05) is 6.61 Å². The molecular weight excluding hydrogens is 324 g/mol. The summed E-state index contributed by atoms with van der Waals surface area (Å²) in [6.45, 7) is 2.16. The Morgan fingerprint density at radius 3 is 2.68 bits per heavy atom. The summed E-state index contributed by atoms with van der Waals surface area (Å²) in [6, 6.07) is 3.73. The molecule has 25 heavy (non-hydrogen) atoms. The van der Waals surface area contributed by atoms with Gasteiger partial charge in [0.1, 0.15) is 5.57 Å². The van der Waals surface area contributed by atoms with E-state index >= 15 is 0 Å². The second kappa shape index (κ2) is 6.96. The molecule has 1 saturated carbocycles. The first-order chi connectivity index (χ1) is 12.0. The fraction of sp³-hybridized carbons (Fsp3) is 0.389. The third kappa shape index (κ3) is 3.35. The van der Waals surface area contributed by atoms with Crippen LogP contribution in [0.4, 0.5) is 4.79 Å². The third-order valence-corrected chi connectivity index (χ3v) is 4.42. The zero-order valence-corrected chi connectivity index (χ0v) is 13.9. The molecule has 2 N–H and O–H groups in total. The SMILES string of the molecule is CCOc1cc(C=C2C(=O)NC(=O)N(C3CCCC3)C2=O)ccc1O. The summed E-state index contributed by atoms with van der Waals surface area (Å²) < 4.78 is 5.31. The maximum absolute atomic E-state index is 12.7. The van der Waals surface area contributed by atoms with Crippen molar-refractivity contribution < 1.29 is 24.2 Å². The number of hydrogen-bond donors (Lipinski definition) is 2. The molecule has 1 aromatic rings. The number of urea groups is 1. The van der Waals surface area contributed by atoms with Crippen molar-refractivity contribution >= 4 is 23.9 Å². The van der Waals surface area contributed by atoms with Gasteiger partial charge in [0.05, 0.1) is 6.61 Å². The van der Waals surface area contributed by atoms with Crippen LogP contribution in [-0.2, 0) is 9.59 Å². The van der Waals surface area contributed by atoms with Crippen LogP contribution in [0.25, 0.3) is 6.08 Å². The Labute approximate surface area is 145 Å². The second-order valence-electron chi connectivity index (χ2n) is 6.09. The lowest BCUT2D eigenvalue weighted by Gasteiger charge is -2.31. The highest BCUT2D eigenvalue weighted by Crippen LogP contribution is 2.30. The number of phenols is 1. The zero-order chi connectivity index (χ0) is 18.0. The maximum Gasteiger partial charge on any atom is 0.331 e. The van der Waals surface area contributed by atoms with Crippen LogP contribution >= 0.6 is 0 Å². The minimum absolute atomic E-state index is 0.0221. The van der Waals surface area contributed by atoms with Gasteiger partial charge in [0, 0.05) is 6.04 Å². The van der Waals surface area contributed by atoms with Crippen LogP contribution in [0.2, 0.25) is 0 Å². The molecule has 7 heteroatoms. The molecule has 3 rings (SSSR count). The molecule has 1 aliphatic heterocycles. The van der Waals surface area contributed by atoms with Gasteiger partial charge < -0.3 is 9.84 Å². The summed E-state index contributed by atoms with van der Waals surface area (Å²) in [7, 11) is 0. The maximum atomic E-state index is 12.7. The van der Waals surface area contributed by atoms with Gasteiger partial charge in [-0.25, -0.2) is 4.79 Å². The molecule has 0 aromatic heterocycles. The summed E-state index contributed by atoms with van der Waals surface area (Å²) in [5.74, 6) is -1.04. The molecule has 1 aromatic carbocycles. The van der Waals surface area contributed by atoms with E-state index in [1.54, 1.807) is 19.1 Å². The van der Waals surface area contributed by atoms with Gasteiger partial charge in [-0.15, -0.1) is 0 Å². The van der Waals surface area contributed by atoms with E-state index in [1.165, 1.54) is 12.1 Å². The Hall–Kier alpha value is -2.83. The minimum atomic E-state index is -0.713. The van der Waals surface area contributed by atoms with Gasteiger partial charge >= 0.3 is 6.03 Å². The molecule has 132 valence electrons. The van der Waals surface area contributed by atoms with Crippen LogP contribution in [0.1, 0.15) is 38.2 Å². The average Bonchev–Trinajstić information content (AvgIpc) is 3.08. The number of aromatic hydroxyl groups is 1. The molecule has 2 aliphatic rings. The lowest BCUT2D eigenvalue weighted by molar-refractivity contribution is -0.131. The molecule has 7 nitrogen and oxygen atoms in total. The monoisotopic (exact) mass is 344 g/mol. The fourth-order valence-corrected chi connectivity index (χ4v) is 3.22. The second-order valence-corrected chi connectivity index (χ2v) is 6.09. The molecule has 0 spiro atoms. The number of ether oxygens (including phenoxy) is 1. The van der Waals surface area contributed by atoms with Crippen LogP contribution in [0, 0.1) is 0 Å². The van der Waals surface area contributed by atoms with E-state index < -0.39 is 17.8 Å². The van der Waals surface area contributed by atoms with E-state index in [1.807, 2.05) is 0 Å². The number of rotatable bonds is 4. The molecule has 1 heterocycles. The number of nitrogens with one attached hydrogen (secondary N) is 1. The topological polar surface area (TPSA) is 95.9 Å². The first kappa shape index (κ1) is 17.0. The summed E-state index contributed by atoms with van der Waals surface area (Å²) in [5, 5.41) is 12.0. The molecule has 1 saturated heterocycles. The number of amides is 4. The summed E-state index contributed by atoms with van der Waals surface area (Å²) in [4.78, 5) is 38.1. The molecule has 0 unspecified atom stereocenters. The van der Waals surface area contributed by atoms with Crippen molar-refractivity contribution in [2.24, 2.45) is 0 Å². The smallest absolute Gasteiger partial charge is 0.331 e. The van der Waals surface area contributed by atoms with E-state index in [4.69, 9.17) is 4.74 Å². The van der Waals surface area contributed by atoms with Crippen LogP contribution in [-0.4, -0.2) is 40.5 Å². The lowest BCUT2D eigenvalue weighted by Crippen LogP contribution is -2.57. The van der Waals surface area contributed by atoms with Crippen molar-refractivity contribution in [3.63, 3.8) is 0 Å². The van der Waals surface area contributed by atoms with Gasteiger partial charge in [0.25, 0.3) is 11.8 Å². The Morgan fingerprint density at radius 1 is 1.28 bits per heavy atom. The first-order valence-corrected chi connectivity index (χ1v) is 8.37. The largest absolute Gasteiger partial charge is 0.504 e. The number of phenolic OH excluding ortho intramolecular Hbond substituents is 1. The standard InChI is InChI=1S/C18H20N2O5/c1-2-25-15-10-11(7-8-14(15)21)9-13-16(22)19-18(24)20(17(13)23)12-5-3-4-6-12/h7-10,12,21H,2-6H2,1H3,(H,19,22,24). The summed E-state index contributed by atoms with van der Waals surface area (Å²) >= 11 is 0. The number of carbonyl (C=O) groups is 3. The highest BCUT2D eigenvalue weighted by atomic mass is 16.5. The Morgan fingerprint density at radius 2 is 2.00 bits per heavy atom. The highest BCUT2D eigenvalue weighted by molar-refractivity contribution is 6.31. The van der Waals surface area contributed by atoms with Crippen LogP contribution in [0.3, 0.4) is 0 Å². The van der Waals surface area contributed by atoms with Gasteiger partial charge in [-0.2, -0.15) is 0 Å². The Balaban J connectivity index is 1.92. The number of nitrogens with zero attached hydrogens (tertiary/aromatic N) is 1. The van der Waals surface area contributed by atoms with E-state index in [9.17, 15) is 19.5 Å². The number of barbiturate groups is 1. The van der Waals surface area contributed by atoms with Gasteiger partial charge in [-0.05, 0) is 43.5 Å². The quantitative estimate of drug-likeness (QED) is 0.645. The predicted molar refractivity (Wildman–Crippen MR) is 89.9 cm³/mol. The summed E-state index contributed by atoms with van der Waals surface area (Å²) in [5.41, 5.74) is 0.431. The van der Waals surface area contributed by atoms with Gasteiger partial charge in [0.15, 0.2) is 11.5 Å². The fourth-order valence-electron chi connectivity index (χ4n) is 3.22. The number of carbonyl (C=O) groups excluding carboxylic acids is 3. The van der Waals surface area contributed by atoms with Crippen molar-refractivity contribution in [1.29, 1.82) is 0 Å². The molecule has 4 amide bonds. The van der Waals surface area contributed by atoms with Gasteiger partial charge in [0.2, 0.25) is 0 Å². The molecule has 0 bridgehead atoms. The first-order valence-electron chi connectivity index (χ1n) is 8.37. The van der Waals surface area contributed by atoms with Crippen molar-refractivity contribution in [3.8, 4) is 11.5 Å². The molecule has 0 radical (unpaired) electrons. The van der Waals surface area contributed by atoms with Crippen LogP contribution in [0.15, 0.2) is 23.8 Å². The van der Waals surface area contributed by atoms with Crippen LogP contribution < -0.4 is 10.1 Å². The summed E-state index contributed by atoms with van der Waals surface area (Å²) in [6.07, 6.45) is 4.85. The zero-order valence-electron chi connectivity index (χ0n) is 13.9. The van der Waals surface area contributed by atoms with E-state index in [0.29, 0.717) is 12.2 Å². The van der Waals surface area contributed by atoms with E-state index in [0.717, 1.165) is 30.6 Å². The molecular formula is C18H20N2O5. The normalized spacial score (nSPS) is 20.3. The average molecular weight is 344 g/mol. The molecule has 1 aliphatic carbocycles. The van der Waals surface area contributed by atoms with Crippen molar-refractivity contribution in [1.82, 2.24) is 10.2 Å². The number of hydrogen-bond acceptors (Lipinski definition) is 5. The lowest BCUT2D eigenvalue weighted by atomic mass is 10.0. The van der Waals surface area contributed by atoms with Gasteiger partial charge in [-0.3, -0.25) is 19.8 Å². The Kier molecular flexibility index (Phi) is 4.74. The van der Waals surface area contributed by atoms with Crippen LogP contribution in [0.5, 0.6) is 11.5 Å².